The standard InChI is InChI=1S/C28H35N5O6S/c1-15(2)10-11-31-27(35)23(17-13-19(37-4)24(39-6)20(14-17)38-5)33(18-9-7-8-16(3)12-18)28(36)25-21(29)22(26(30)34)32-40-25/h7-9,12-15,23H,10-11,29H2,1-6H3,(H2,30,34)(H,31,35)/t23-/m1/s1. The summed E-state index contributed by atoms with van der Waals surface area (Å²) in [6, 6.07) is 9.17. The monoisotopic (exact) mass is 569 g/mol. The number of nitrogens with zero attached hydrogens (tertiary/aromatic N) is 2. The van der Waals surface area contributed by atoms with Gasteiger partial charge in [-0.15, -0.1) is 0 Å². The maximum absolute atomic E-state index is 14.2. The molecule has 3 rings (SSSR count). The number of rotatable bonds is 12. The molecule has 2 aromatic carbocycles. The molecule has 0 saturated heterocycles. The number of benzene rings is 2. The van der Waals surface area contributed by atoms with Gasteiger partial charge in [0.25, 0.3) is 11.8 Å². The summed E-state index contributed by atoms with van der Waals surface area (Å²) in [5.41, 5.74) is 12.9. The molecule has 5 N–H and O–H groups in total. The van der Waals surface area contributed by atoms with Crippen LogP contribution in [0.2, 0.25) is 0 Å². The topological polar surface area (TPSA) is 159 Å². The maximum Gasteiger partial charge on any atom is 0.273 e. The number of ether oxygens (including phenoxy) is 3. The van der Waals surface area contributed by atoms with Gasteiger partial charge in [-0.2, -0.15) is 4.37 Å². The van der Waals surface area contributed by atoms with Crippen LogP contribution in [-0.2, 0) is 4.79 Å². The fourth-order valence-corrected chi connectivity index (χ4v) is 4.90. The van der Waals surface area contributed by atoms with Crippen molar-refractivity contribution in [2.24, 2.45) is 11.7 Å². The number of carbonyl (C=O) groups excluding carboxylic acids is 3. The first-order valence-corrected chi connectivity index (χ1v) is 13.3. The molecule has 0 aliphatic rings. The molecule has 0 radical (unpaired) electrons. The number of primary amides is 1. The van der Waals surface area contributed by atoms with E-state index in [1.807, 2.05) is 26.8 Å². The Kier molecular flexibility index (Phi) is 9.94. The first-order valence-electron chi connectivity index (χ1n) is 12.6. The molecule has 0 fully saturated rings. The molecule has 12 heteroatoms. The van der Waals surface area contributed by atoms with Gasteiger partial charge in [0.2, 0.25) is 11.7 Å². The summed E-state index contributed by atoms with van der Waals surface area (Å²) in [6.07, 6.45) is 0.732. The van der Waals surface area contributed by atoms with E-state index in [1.54, 1.807) is 30.3 Å². The Balaban J connectivity index is 2.29. The molecule has 11 nitrogen and oxygen atoms in total. The molecule has 0 bridgehead atoms. The number of aromatic nitrogens is 1. The summed E-state index contributed by atoms with van der Waals surface area (Å²) in [5, 5.41) is 2.96. The van der Waals surface area contributed by atoms with Gasteiger partial charge >= 0.3 is 0 Å². The summed E-state index contributed by atoms with van der Waals surface area (Å²) in [7, 11) is 4.40. The molecule has 0 spiro atoms. The van der Waals surface area contributed by atoms with Gasteiger partial charge in [-0.1, -0.05) is 26.0 Å². The molecule has 40 heavy (non-hydrogen) atoms. The highest BCUT2D eigenvalue weighted by Crippen LogP contribution is 2.42. The van der Waals surface area contributed by atoms with Crippen molar-refractivity contribution in [3.05, 3.63) is 58.1 Å². The summed E-state index contributed by atoms with van der Waals surface area (Å²) >= 11 is 0.739. The van der Waals surface area contributed by atoms with Gasteiger partial charge in [0.15, 0.2) is 17.2 Å². The fourth-order valence-electron chi connectivity index (χ4n) is 4.16. The molecule has 1 heterocycles. The highest BCUT2D eigenvalue weighted by Gasteiger charge is 2.37. The third-order valence-electron chi connectivity index (χ3n) is 6.18. The lowest BCUT2D eigenvalue weighted by atomic mass is 10.0. The summed E-state index contributed by atoms with van der Waals surface area (Å²) in [6.45, 7) is 6.36. The van der Waals surface area contributed by atoms with E-state index in [2.05, 4.69) is 9.69 Å². The van der Waals surface area contributed by atoms with E-state index in [4.69, 9.17) is 25.7 Å². The van der Waals surface area contributed by atoms with E-state index >= 15 is 0 Å². The van der Waals surface area contributed by atoms with E-state index in [0.29, 0.717) is 41.0 Å². The molecular weight excluding hydrogens is 534 g/mol. The SMILES string of the molecule is COc1cc([C@H](C(=O)NCCC(C)C)N(C(=O)c2snc(C(N)=O)c2N)c2cccc(C)c2)cc(OC)c1OC. The smallest absolute Gasteiger partial charge is 0.273 e. The second-order valence-electron chi connectivity index (χ2n) is 9.49. The largest absolute Gasteiger partial charge is 0.493 e. The Hall–Kier alpha value is -4.32. The van der Waals surface area contributed by atoms with E-state index in [0.717, 1.165) is 23.5 Å². The minimum Gasteiger partial charge on any atom is -0.493 e. The second kappa shape index (κ2) is 13.2. The van der Waals surface area contributed by atoms with Crippen LogP contribution in [-0.4, -0.2) is 50.0 Å². The molecule has 0 aliphatic carbocycles. The van der Waals surface area contributed by atoms with E-state index in [1.165, 1.54) is 26.2 Å². The Morgan fingerprint density at radius 1 is 1.05 bits per heavy atom. The number of nitrogens with one attached hydrogen (secondary N) is 1. The first-order chi connectivity index (χ1) is 19.0. The summed E-state index contributed by atoms with van der Waals surface area (Å²) < 4.78 is 20.5. The van der Waals surface area contributed by atoms with Crippen LogP contribution >= 0.6 is 11.5 Å². The van der Waals surface area contributed by atoms with Gasteiger partial charge in [0.1, 0.15) is 10.9 Å². The average molecular weight is 570 g/mol. The highest BCUT2D eigenvalue weighted by atomic mass is 32.1. The quantitative estimate of drug-likeness (QED) is 0.298. The predicted molar refractivity (Wildman–Crippen MR) is 154 cm³/mol. The molecule has 0 unspecified atom stereocenters. The van der Waals surface area contributed by atoms with Crippen molar-refractivity contribution in [1.82, 2.24) is 9.69 Å². The van der Waals surface area contributed by atoms with Crippen LogP contribution in [0.1, 0.15) is 57.6 Å². The predicted octanol–water partition coefficient (Wildman–Crippen LogP) is 3.71. The van der Waals surface area contributed by atoms with Crippen LogP contribution in [0.5, 0.6) is 17.2 Å². The van der Waals surface area contributed by atoms with Gasteiger partial charge in [-0.25, -0.2) is 0 Å². The van der Waals surface area contributed by atoms with Crippen molar-refractivity contribution in [2.75, 3.05) is 38.5 Å². The van der Waals surface area contributed by atoms with Crippen LogP contribution in [0.3, 0.4) is 0 Å². The van der Waals surface area contributed by atoms with Gasteiger partial charge in [0, 0.05) is 12.2 Å². The third-order valence-corrected chi connectivity index (χ3v) is 7.04. The van der Waals surface area contributed by atoms with E-state index in [-0.39, 0.29) is 16.3 Å². The lowest BCUT2D eigenvalue weighted by molar-refractivity contribution is -0.122. The van der Waals surface area contributed by atoms with Crippen LogP contribution in [0.4, 0.5) is 11.4 Å². The Labute approximate surface area is 237 Å². The second-order valence-corrected chi connectivity index (χ2v) is 10.3. The number of carbonyl (C=O) groups is 3. The van der Waals surface area contributed by atoms with Crippen molar-refractivity contribution in [2.45, 2.75) is 33.2 Å². The Bertz CT molecular complexity index is 1360. The summed E-state index contributed by atoms with van der Waals surface area (Å²) in [5.74, 6) is -0.641. The molecular formula is C28H35N5O6S. The van der Waals surface area contributed by atoms with Gasteiger partial charge in [-0.05, 0) is 66.2 Å². The Morgan fingerprint density at radius 3 is 2.20 bits per heavy atom. The lowest BCUT2D eigenvalue weighted by Crippen LogP contribution is -2.44. The van der Waals surface area contributed by atoms with Gasteiger partial charge in [-0.3, -0.25) is 19.3 Å². The maximum atomic E-state index is 14.2. The minimum absolute atomic E-state index is 0.0253. The number of nitrogens with two attached hydrogens (primary N) is 2. The average Bonchev–Trinajstić information content (AvgIpc) is 3.31. The third kappa shape index (κ3) is 6.45. The van der Waals surface area contributed by atoms with Crippen LogP contribution in [0.15, 0.2) is 36.4 Å². The van der Waals surface area contributed by atoms with Crippen molar-refractivity contribution in [3.8, 4) is 17.2 Å². The molecule has 1 atom stereocenters. The zero-order valence-corrected chi connectivity index (χ0v) is 24.3. The van der Waals surface area contributed by atoms with Gasteiger partial charge in [0.05, 0.1) is 27.0 Å². The number of methoxy groups -OCH3 is 3. The number of hydrogen-bond acceptors (Lipinski definition) is 9. The highest BCUT2D eigenvalue weighted by molar-refractivity contribution is 7.09. The number of amides is 3. The van der Waals surface area contributed by atoms with Crippen LogP contribution in [0, 0.1) is 12.8 Å². The zero-order chi connectivity index (χ0) is 29.6. The van der Waals surface area contributed by atoms with E-state index < -0.39 is 23.8 Å². The zero-order valence-electron chi connectivity index (χ0n) is 23.4. The van der Waals surface area contributed by atoms with Crippen molar-refractivity contribution in [1.29, 1.82) is 0 Å². The van der Waals surface area contributed by atoms with Crippen molar-refractivity contribution in [3.63, 3.8) is 0 Å². The molecule has 3 aromatic rings. The molecule has 3 amide bonds. The van der Waals surface area contributed by atoms with Crippen molar-refractivity contribution >= 4 is 40.6 Å². The minimum atomic E-state index is -1.20. The summed E-state index contributed by atoms with van der Waals surface area (Å²) in [4.78, 5) is 41.4. The number of aryl methyl sites for hydroxylation is 1. The molecule has 214 valence electrons. The number of nitrogen functional groups attached to an aromatic ring is 1. The van der Waals surface area contributed by atoms with Crippen molar-refractivity contribution < 1.29 is 28.6 Å². The number of hydrogen-bond donors (Lipinski definition) is 3. The van der Waals surface area contributed by atoms with Crippen LogP contribution in [0.25, 0.3) is 0 Å². The fraction of sp³-hybridized carbons (Fsp3) is 0.357. The molecule has 0 saturated carbocycles. The normalized spacial score (nSPS) is 11.6. The molecule has 0 aliphatic heterocycles. The molecule has 1 aromatic heterocycles. The Morgan fingerprint density at radius 2 is 1.70 bits per heavy atom. The van der Waals surface area contributed by atoms with Gasteiger partial charge < -0.3 is 31.0 Å². The number of anilines is 2. The first kappa shape index (κ1) is 30.2. The van der Waals surface area contributed by atoms with Crippen LogP contribution < -0.4 is 35.9 Å². The lowest BCUT2D eigenvalue weighted by Gasteiger charge is -2.32. The van der Waals surface area contributed by atoms with E-state index in [9.17, 15) is 14.4 Å².